The molecule has 0 radical (unpaired) electrons. The van der Waals surface area contributed by atoms with Crippen LogP contribution >= 0.6 is 15.9 Å². The van der Waals surface area contributed by atoms with Crippen molar-refractivity contribution >= 4 is 15.9 Å². The molecule has 1 fully saturated rings. The standard InChI is InChI=1S/C15H22BrNO/c1-17(14-6-4-2-3-5-7-14)11-12-10-13(16)8-9-15(12)18/h8-10,14,18H,2-7,11H2,1H3. The minimum Gasteiger partial charge on any atom is -0.508 e. The zero-order valence-corrected chi connectivity index (χ0v) is 12.6. The molecule has 1 aromatic carbocycles. The van der Waals surface area contributed by atoms with E-state index < -0.39 is 0 Å². The van der Waals surface area contributed by atoms with Gasteiger partial charge in [-0.2, -0.15) is 0 Å². The third-order valence-corrected chi connectivity index (χ3v) is 4.40. The summed E-state index contributed by atoms with van der Waals surface area (Å²) in [6.45, 7) is 0.829. The Bertz CT molecular complexity index is 386. The first-order valence-corrected chi connectivity index (χ1v) is 7.64. The average Bonchev–Trinajstić information content (AvgIpc) is 2.62. The summed E-state index contributed by atoms with van der Waals surface area (Å²) in [6, 6.07) is 6.33. The van der Waals surface area contributed by atoms with Crippen LogP contribution in [-0.4, -0.2) is 23.1 Å². The van der Waals surface area contributed by atoms with E-state index in [9.17, 15) is 5.11 Å². The normalized spacial score (nSPS) is 17.9. The zero-order chi connectivity index (χ0) is 13.0. The molecule has 0 unspecified atom stereocenters. The molecule has 0 spiro atoms. The smallest absolute Gasteiger partial charge is 0.120 e. The Labute approximate surface area is 118 Å². The number of aromatic hydroxyl groups is 1. The first-order valence-electron chi connectivity index (χ1n) is 6.84. The molecule has 2 nitrogen and oxygen atoms in total. The number of nitrogens with zero attached hydrogens (tertiary/aromatic N) is 1. The number of benzene rings is 1. The van der Waals surface area contributed by atoms with Gasteiger partial charge in [0.15, 0.2) is 0 Å². The van der Waals surface area contributed by atoms with Gasteiger partial charge >= 0.3 is 0 Å². The highest BCUT2D eigenvalue weighted by molar-refractivity contribution is 9.10. The molecule has 0 amide bonds. The van der Waals surface area contributed by atoms with Crippen LogP contribution in [0.2, 0.25) is 0 Å². The van der Waals surface area contributed by atoms with Crippen molar-refractivity contribution in [1.82, 2.24) is 4.90 Å². The molecular formula is C15H22BrNO. The first kappa shape index (κ1) is 13.9. The van der Waals surface area contributed by atoms with Gasteiger partial charge in [0, 0.05) is 22.6 Å². The van der Waals surface area contributed by atoms with Crippen molar-refractivity contribution in [2.24, 2.45) is 0 Å². The molecule has 1 saturated carbocycles. The lowest BCUT2D eigenvalue weighted by Crippen LogP contribution is -2.30. The van der Waals surface area contributed by atoms with Crippen molar-refractivity contribution in [2.45, 2.75) is 51.1 Å². The van der Waals surface area contributed by atoms with Crippen molar-refractivity contribution in [2.75, 3.05) is 7.05 Å². The van der Waals surface area contributed by atoms with E-state index in [0.29, 0.717) is 11.8 Å². The van der Waals surface area contributed by atoms with Gasteiger partial charge in [-0.25, -0.2) is 0 Å². The van der Waals surface area contributed by atoms with Crippen LogP contribution in [0.5, 0.6) is 5.75 Å². The molecule has 1 N–H and O–H groups in total. The summed E-state index contributed by atoms with van der Waals surface area (Å²) in [5, 5.41) is 9.89. The molecular weight excluding hydrogens is 290 g/mol. The number of hydrogen-bond acceptors (Lipinski definition) is 2. The van der Waals surface area contributed by atoms with E-state index in [0.717, 1.165) is 16.6 Å². The number of hydrogen-bond donors (Lipinski definition) is 1. The lowest BCUT2D eigenvalue weighted by Gasteiger charge is -2.27. The van der Waals surface area contributed by atoms with E-state index >= 15 is 0 Å². The third-order valence-electron chi connectivity index (χ3n) is 3.91. The molecule has 3 heteroatoms. The third kappa shape index (κ3) is 3.72. The summed E-state index contributed by atoms with van der Waals surface area (Å²) in [4.78, 5) is 2.40. The maximum absolute atomic E-state index is 9.89. The molecule has 2 rings (SSSR count). The molecule has 18 heavy (non-hydrogen) atoms. The minimum absolute atomic E-state index is 0.402. The van der Waals surface area contributed by atoms with Crippen molar-refractivity contribution in [3.63, 3.8) is 0 Å². The largest absolute Gasteiger partial charge is 0.508 e. The summed E-state index contributed by atoms with van der Waals surface area (Å²) >= 11 is 3.47. The van der Waals surface area contributed by atoms with E-state index in [2.05, 4.69) is 27.9 Å². The van der Waals surface area contributed by atoms with Crippen LogP contribution < -0.4 is 0 Å². The Morgan fingerprint density at radius 1 is 1.22 bits per heavy atom. The number of phenolic OH excluding ortho intramolecular Hbond substituents is 1. The highest BCUT2D eigenvalue weighted by Gasteiger charge is 2.17. The predicted molar refractivity (Wildman–Crippen MR) is 78.8 cm³/mol. The fraction of sp³-hybridized carbons (Fsp3) is 0.600. The molecule has 1 aliphatic rings. The van der Waals surface area contributed by atoms with Gasteiger partial charge < -0.3 is 5.11 Å². The molecule has 1 aromatic rings. The summed E-state index contributed by atoms with van der Waals surface area (Å²) < 4.78 is 1.03. The predicted octanol–water partition coefficient (Wildman–Crippen LogP) is 4.31. The van der Waals surface area contributed by atoms with E-state index in [1.54, 1.807) is 6.07 Å². The molecule has 0 aliphatic heterocycles. The maximum Gasteiger partial charge on any atom is 0.120 e. The van der Waals surface area contributed by atoms with Crippen LogP contribution in [0.3, 0.4) is 0 Å². The van der Waals surface area contributed by atoms with Gasteiger partial charge in [0.25, 0.3) is 0 Å². The van der Waals surface area contributed by atoms with Crippen LogP contribution in [0.15, 0.2) is 22.7 Å². The molecule has 1 aliphatic carbocycles. The Balaban J connectivity index is 2.00. The summed E-state index contributed by atoms with van der Waals surface area (Å²) in [5.74, 6) is 0.402. The number of phenols is 1. The zero-order valence-electron chi connectivity index (χ0n) is 11.0. The Morgan fingerprint density at radius 3 is 2.56 bits per heavy atom. The van der Waals surface area contributed by atoms with E-state index in [1.807, 2.05) is 12.1 Å². The molecule has 0 saturated heterocycles. The number of rotatable bonds is 3. The molecule has 0 aromatic heterocycles. The quantitative estimate of drug-likeness (QED) is 0.841. The Hall–Kier alpha value is -0.540. The second-order valence-corrected chi connectivity index (χ2v) is 6.25. The second kappa shape index (κ2) is 6.58. The SMILES string of the molecule is CN(Cc1cc(Br)ccc1O)C1CCCCCC1. The van der Waals surface area contributed by atoms with Crippen LogP contribution in [-0.2, 0) is 6.54 Å². The van der Waals surface area contributed by atoms with Crippen molar-refractivity contribution in [3.8, 4) is 5.75 Å². The highest BCUT2D eigenvalue weighted by Crippen LogP contribution is 2.26. The van der Waals surface area contributed by atoms with Gasteiger partial charge in [-0.05, 0) is 38.1 Å². The second-order valence-electron chi connectivity index (χ2n) is 5.33. The molecule has 0 heterocycles. The van der Waals surface area contributed by atoms with Crippen LogP contribution in [0, 0.1) is 0 Å². The van der Waals surface area contributed by atoms with E-state index in [1.165, 1.54) is 38.5 Å². The van der Waals surface area contributed by atoms with Crippen molar-refractivity contribution < 1.29 is 5.11 Å². The van der Waals surface area contributed by atoms with E-state index in [-0.39, 0.29) is 0 Å². The van der Waals surface area contributed by atoms with Gasteiger partial charge in [-0.3, -0.25) is 4.90 Å². The van der Waals surface area contributed by atoms with Gasteiger partial charge in [0.1, 0.15) is 5.75 Å². The maximum atomic E-state index is 9.89. The lowest BCUT2D eigenvalue weighted by atomic mass is 10.1. The molecule has 100 valence electrons. The van der Waals surface area contributed by atoms with Crippen molar-refractivity contribution in [1.29, 1.82) is 0 Å². The van der Waals surface area contributed by atoms with Crippen molar-refractivity contribution in [3.05, 3.63) is 28.2 Å². The van der Waals surface area contributed by atoms with Gasteiger partial charge in [0.2, 0.25) is 0 Å². The van der Waals surface area contributed by atoms with Crippen LogP contribution in [0.25, 0.3) is 0 Å². The average molecular weight is 312 g/mol. The van der Waals surface area contributed by atoms with E-state index in [4.69, 9.17) is 0 Å². The first-order chi connectivity index (χ1) is 8.66. The van der Waals surface area contributed by atoms with Crippen LogP contribution in [0.4, 0.5) is 0 Å². The molecule has 0 bridgehead atoms. The molecule has 0 atom stereocenters. The lowest BCUT2D eigenvalue weighted by molar-refractivity contribution is 0.211. The summed E-state index contributed by atoms with van der Waals surface area (Å²) in [5.41, 5.74) is 1.01. The Morgan fingerprint density at radius 2 is 1.89 bits per heavy atom. The van der Waals surface area contributed by atoms with Gasteiger partial charge in [-0.1, -0.05) is 41.6 Å². The topological polar surface area (TPSA) is 23.5 Å². The Kier molecular flexibility index (Phi) is 5.07. The van der Waals surface area contributed by atoms with Gasteiger partial charge in [0.05, 0.1) is 0 Å². The van der Waals surface area contributed by atoms with Gasteiger partial charge in [-0.15, -0.1) is 0 Å². The fourth-order valence-electron chi connectivity index (χ4n) is 2.78. The fourth-order valence-corrected chi connectivity index (χ4v) is 3.19. The van der Waals surface area contributed by atoms with Crippen LogP contribution in [0.1, 0.15) is 44.1 Å². The summed E-state index contributed by atoms with van der Waals surface area (Å²) in [6.07, 6.45) is 8.05. The highest BCUT2D eigenvalue weighted by atomic mass is 79.9. The monoisotopic (exact) mass is 311 g/mol. The minimum atomic E-state index is 0.402. The summed E-state index contributed by atoms with van der Waals surface area (Å²) in [7, 11) is 2.18. The number of halogens is 1.